The first-order valence-electron chi connectivity index (χ1n) is 6.44. The molecule has 0 aliphatic heterocycles. The van der Waals surface area contributed by atoms with Gasteiger partial charge in [0.15, 0.2) is 0 Å². The maximum Gasteiger partial charge on any atom is 0.0756 e. The van der Waals surface area contributed by atoms with E-state index in [2.05, 4.69) is 52.9 Å². The van der Waals surface area contributed by atoms with Crippen LogP contribution in [0.2, 0.25) is 0 Å². The lowest BCUT2D eigenvalue weighted by molar-refractivity contribution is 0.485. The highest BCUT2D eigenvalue weighted by Gasteiger charge is 2.14. The highest BCUT2D eigenvalue weighted by atomic mass is 15.4. The van der Waals surface area contributed by atoms with Gasteiger partial charge in [-0.15, -0.1) is 5.10 Å². The smallest absolute Gasteiger partial charge is 0.0756 e. The number of hydrogen-bond donors (Lipinski definition) is 1. The summed E-state index contributed by atoms with van der Waals surface area (Å²) in [7, 11) is 1.99. The van der Waals surface area contributed by atoms with E-state index in [4.69, 9.17) is 0 Å². The maximum absolute atomic E-state index is 4.09. The van der Waals surface area contributed by atoms with Crippen molar-refractivity contribution in [2.45, 2.75) is 32.4 Å². The molecule has 1 N–H and O–H groups in total. The predicted octanol–water partition coefficient (Wildman–Crippen LogP) is 2.19. The number of rotatable bonds is 6. The summed E-state index contributed by atoms with van der Waals surface area (Å²) in [6.45, 7) is 2.95. The number of aromatic nitrogens is 3. The number of hydrogen-bond acceptors (Lipinski definition) is 3. The van der Waals surface area contributed by atoms with Crippen molar-refractivity contribution in [3.63, 3.8) is 0 Å². The quantitative estimate of drug-likeness (QED) is 0.847. The Bertz CT molecular complexity index is 464. The summed E-state index contributed by atoms with van der Waals surface area (Å²) < 4.78 is 1.95. The third kappa shape index (κ3) is 2.96. The van der Waals surface area contributed by atoms with Crippen LogP contribution in [0.3, 0.4) is 0 Å². The van der Waals surface area contributed by atoms with E-state index in [0.717, 1.165) is 25.1 Å². The molecule has 0 aliphatic carbocycles. The van der Waals surface area contributed by atoms with Crippen molar-refractivity contribution in [2.24, 2.45) is 0 Å². The summed E-state index contributed by atoms with van der Waals surface area (Å²) in [5, 5.41) is 11.4. The second-order valence-electron chi connectivity index (χ2n) is 4.34. The molecule has 0 aliphatic rings. The van der Waals surface area contributed by atoms with E-state index in [0.29, 0.717) is 6.04 Å². The molecule has 2 aromatic rings. The van der Waals surface area contributed by atoms with Crippen LogP contribution in [-0.2, 0) is 13.0 Å². The molecule has 1 atom stereocenters. The van der Waals surface area contributed by atoms with E-state index in [9.17, 15) is 0 Å². The zero-order valence-electron chi connectivity index (χ0n) is 11.0. The highest BCUT2D eigenvalue weighted by Crippen LogP contribution is 2.17. The molecule has 96 valence electrons. The molecule has 0 bridgehead atoms. The zero-order valence-corrected chi connectivity index (χ0v) is 11.0. The summed E-state index contributed by atoms with van der Waals surface area (Å²) in [6.07, 6.45) is 3.96. The van der Waals surface area contributed by atoms with Crippen LogP contribution in [0.4, 0.5) is 0 Å². The Morgan fingerprint density at radius 3 is 2.72 bits per heavy atom. The SMILES string of the molecule is CCn1nncc1C(CCc1ccccc1)NC. The van der Waals surface area contributed by atoms with Crippen molar-refractivity contribution in [1.82, 2.24) is 20.3 Å². The third-order valence-corrected chi connectivity index (χ3v) is 3.22. The minimum absolute atomic E-state index is 0.306. The molecular weight excluding hydrogens is 224 g/mol. The summed E-state index contributed by atoms with van der Waals surface area (Å²) in [5.41, 5.74) is 2.53. The summed E-state index contributed by atoms with van der Waals surface area (Å²) in [5.74, 6) is 0. The van der Waals surface area contributed by atoms with Crippen molar-refractivity contribution in [1.29, 1.82) is 0 Å². The van der Waals surface area contributed by atoms with Gasteiger partial charge in [0.2, 0.25) is 0 Å². The Kier molecular flexibility index (Phi) is 4.47. The van der Waals surface area contributed by atoms with Crippen LogP contribution in [0.5, 0.6) is 0 Å². The molecule has 1 aromatic carbocycles. The molecule has 0 amide bonds. The summed E-state index contributed by atoms with van der Waals surface area (Å²) in [4.78, 5) is 0. The first kappa shape index (κ1) is 12.8. The van der Waals surface area contributed by atoms with Crippen LogP contribution in [-0.4, -0.2) is 22.0 Å². The fourth-order valence-electron chi connectivity index (χ4n) is 2.18. The number of aryl methyl sites for hydroxylation is 2. The fraction of sp³-hybridized carbons (Fsp3) is 0.429. The van der Waals surface area contributed by atoms with Crippen molar-refractivity contribution >= 4 is 0 Å². The van der Waals surface area contributed by atoms with Crippen LogP contribution >= 0.6 is 0 Å². The first-order valence-corrected chi connectivity index (χ1v) is 6.44. The topological polar surface area (TPSA) is 42.7 Å². The molecule has 1 heterocycles. The van der Waals surface area contributed by atoms with E-state index >= 15 is 0 Å². The van der Waals surface area contributed by atoms with Gasteiger partial charge in [-0.1, -0.05) is 35.5 Å². The number of benzene rings is 1. The van der Waals surface area contributed by atoms with Gasteiger partial charge in [-0.2, -0.15) is 0 Å². The molecule has 2 rings (SSSR count). The predicted molar refractivity (Wildman–Crippen MR) is 72.3 cm³/mol. The Balaban J connectivity index is 2.02. The van der Waals surface area contributed by atoms with E-state index in [1.54, 1.807) is 0 Å². The second-order valence-corrected chi connectivity index (χ2v) is 4.34. The monoisotopic (exact) mass is 244 g/mol. The van der Waals surface area contributed by atoms with Crippen molar-refractivity contribution in [3.05, 3.63) is 47.8 Å². The van der Waals surface area contributed by atoms with Crippen LogP contribution in [0.25, 0.3) is 0 Å². The summed E-state index contributed by atoms with van der Waals surface area (Å²) in [6, 6.07) is 10.9. The largest absolute Gasteiger partial charge is 0.312 e. The fourth-order valence-corrected chi connectivity index (χ4v) is 2.18. The van der Waals surface area contributed by atoms with Gasteiger partial charge < -0.3 is 5.32 Å². The number of nitrogens with zero attached hydrogens (tertiary/aromatic N) is 3. The van der Waals surface area contributed by atoms with Gasteiger partial charge in [-0.25, -0.2) is 4.68 Å². The van der Waals surface area contributed by atoms with E-state index < -0.39 is 0 Å². The Morgan fingerprint density at radius 2 is 2.06 bits per heavy atom. The molecule has 0 radical (unpaired) electrons. The number of nitrogens with one attached hydrogen (secondary N) is 1. The van der Waals surface area contributed by atoms with Gasteiger partial charge >= 0.3 is 0 Å². The molecular formula is C14H20N4. The van der Waals surface area contributed by atoms with Gasteiger partial charge in [0.25, 0.3) is 0 Å². The molecule has 4 heteroatoms. The van der Waals surface area contributed by atoms with Crippen molar-refractivity contribution in [3.8, 4) is 0 Å². The molecule has 1 unspecified atom stereocenters. The van der Waals surface area contributed by atoms with Gasteiger partial charge in [-0.05, 0) is 32.4 Å². The zero-order chi connectivity index (χ0) is 12.8. The lowest BCUT2D eigenvalue weighted by atomic mass is 10.0. The average Bonchev–Trinajstić information content (AvgIpc) is 2.89. The standard InChI is InChI=1S/C14H20N4/c1-3-18-14(11-16-17-18)13(15-2)10-9-12-7-5-4-6-8-12/h4-8,11,13,15H,3,9-10H2,1-2H3. The lowest BCUT2D eigenvalue weighted by Crippen LogP contribution is -2.20. The second kappa shape index (κ2) is 6.31. The van der Waals surface area contributed by atoms with Crippen LogP contribution in [0.1, 0.15) is 30.6 Å². The highest BCUT2D eigenvalue weighted by molar-refractivity contribution is 5.15. The molecule has 4 nitrogen and oxygen atoms in total. The van der Waals surface area contributed by atoms with Crippen LogP contribution in [0.15, 0.2) is 36.5 Å². The maximum atomic E-state index is 4.09. The molecule has 0 spiro atoms. The van der Waals surface area contributed by atoms with E-state index in [1.807, 2.05) is 17.9 Å². The van der Waals surface area contributed by atoms with Crippen LogP contribution < -0.4 is 5.32 Å². The lowest BCUT2D eigenvalue weighted by Gasteiger charge is -2.16. The molecule has 0 saturated heterocycles. The van der Waals surface area contributed by atoms with Gasteiger partial charge in [0.1, 0.15) is 0 Å². The molecule has 0 saturated carbocycles. The van der Waals surface area contributed by atoms with Crippen molar-refractivity contribution in [2.75, 3.05) is 7.05 Å². The summed E-state index contributed by atoms with van der Waals surface area (Å²) >= 11 is 0. The average molecular weight is 244 g/mol. The Labute approximate surface area is 108 Å². The van der Waals surface area contributed by atoms with E-state index in [-0.39, 0.29) is 0 Å². The van der Waals surface area contributed by atoms with E-state index in [1.165, 1.54) is 5.56 Å². The normalized spacial score (nSPS) is 12.6. The minimum atomic E-state index is 0.306. The van der Waals surface area contributed by atoms with Crippen LogP contribution in [0, 0.1) is 0 Å². The minimum Gasteiger partial charge on any atom is -0.312 e. The molecule has 18 heavy (non-hydrogen) atoms. The van der Waals surface area contributed by atoms with Gasteiger partial charge in [0, 0.05) is 6.54 Å². The Morgan fingerprint density at radius 1 is 1.28 bits per heavy atom. The third-order valence-electron chi connectivity index (χ3n) is 3.22. The molecule has 1 aromatic heterocycles. The molecule has 0 fully saturated rings. The van der Waals surface area contributed by atoms with Crippen molar-refractivity contribution < 1.29 is 0 Å². The Hall–Kier alpha value is -1.68. The van der Waals surface area contributed by atoms with Gasteiger partial charge in [-0.3, -0.25) is 0 Å². The first-order chi connectivity index (χ1) is 8.85. The van der Waals surface area contributed by atoms with Gasteiger partial charge in [0.05, 0.1) is 17.9 Å².